The summed E-state index contributed by atoms with van der Waals surface area (Å²) in [6.07, 6.45) is -0.805. The van der Waals surface area contributed by atoms with Crippen molar-refractivity contribution >= 4 is 28.8 Å². The third-order valence-corrected chi connectivity index (χ3v) is 7.34. The van der Waals surface area contributed by atoms with Crippen molar-refractivity contribution in [1.82, 2.24) is 20.1 Å². The molecule has 9 nitrogen and oxygen atoms in total. The molecule has 0 radical (unpaired) electrons. The molecule has 0 bridgehead atoms. The first-order valence-electron chi connectivity index (χ1n) is 11.4. The van der Waals surface area contributed by atoms with Gasteiger partial charge in [-0.1, -0.05) is 24.3 Å². The quantitative estimate of drug-likeness (QED) is 0.402. The van der Waals surface area contributed by atoms with Crippen LogP contribution in [0.3, 0.4) is 0 Å². The maximum atomic E-state index is 13.1. The Labute approximate surface area is 212 Å². The van der Waals surface area contributed by atoms with Crippen LogP contribution in [-0.2, 0) is 0 Å². The molecule has 2 aromatic carbocycles. The number of rotatable bonds is 5. The summed E-state index contributed by atoms with van der Waals surface area (Å²) in [5.74, 6) is 2.48. The van der Waals surface area contributed by atoms with E-state index in [4.69, 9.17) is 14.5 Å². The lowest BCUT2D eigenvalue weighted by molar-refractivity contribution is 0.248. The standard InChI is InChI=1S/C26H26N6O3S/c1-14-15(2)36-25-21(14)22(17-10-6-8-12-19(17)34-4)28-23(24-31-30-16(3)32(24)25)29-26(33)27-18-11-7-9-13-20(18)35-5/h6-13,23H,1-5H3,(H2,27,29,33). The Morgan fingerprint density at radius 2 is 1.67 bits per heavy atom. The number of nitrogens with zero attached hydrogens (tertiary/aromatic N) is 4. The number of aryl methyl sites for hydroxylation is 2. The molecule has 0 saturated heterocycles. The number of benzene rings is 2. The van der Waals surface area contributed by atoms with Crippen LogP contribution in [-0.4, -0.2) is 40.7 Å². The van der Waals surface area contributed by atoms with Crippen LogP contribution in [0.4, 0.5) is 10.5 Å². The van der Waals surface area contributed by atoms with Gasteiger partial charge in [-0.3, -0.25) is 9.56 Å². The molecule has 0 fully saturated rings. The minimum atomic E-state index is -0.805. The highest BCUT2D eigenvalue weighted by molar-refractivity contribution is 7.15. The predicted molar refractivity (Wildman–Crippen MR) is 140 cm³/mol. The first-order valence-corrected chi connectivity index (χ1v) is 12.2. The summed E-state index contributed by atoms with van der Waals surface area (Å²) >= 11 is 1.65. The maximum absolute atomic E-state index is 13.1. The number of para-hydroxylation sites is 3. The average molecular weight is 503 g/mol. The van der Waals surface area contributed by atoms with Crippen LogP contribution >= 0.6 is 11.3 Å². The van der Waals surface area contributed by atoms with E-state index in [2.05, 4.69) is 34.7 Å². The Morgan fingerprint density at radius 3 is 2.42 bits per heavy atom. The van der Waals surface area contributed by atoms with E-state index in [0.717, 1.165) is 27.4 Å². The molecule has 1 aliphatic rings. The first kappa shape index (κ1) is 23.6. The third kappa shape index (κ3) is 3.99. The van der Waals surface area contributed by atoms with E-state index in [0.29, 0.717) is 28.8 Å². The smallest absolute Gasteiger partial charge is 0.321 e. The van der Waals surface area contributed by atoms with Gasteiger partial charge in [0.15, 0.2) is 12.0 Å². The third-order valence-electron chi connectivity index (χ3n) is 6.14. The number of methoxy groups -OCH3 is 2. The summed E-state index contributed by atoms with van der Waals surface area (Å²) in [6, 6.07) is 14.5. The molecule has 1 atom stereocenters. The second-order valence-electron chi connectivity index (χ2n) is 8.28. The van der Waals surface area contributed by atoms with Gasteiger partial charge in [-0.2, -0.15) is 0 Å². The Morgan fingerprint density at radius 1 is 0.972 bits per heavy atom. The largest absolute Gasteiger partial charge is 0.496 e. The lowest BCUT2D eigenvalue weighted by atomic mass is 9.99. The van der Waals surface area contributed by atoms with Crippen LogP contribution in [0.5, 0.6) is 11.5 Å². The van der Waals surface area contributed by atoms with E-state index >= 15 is 0 Å². The highest BCUT2D eigenvalue weighted by atomic mass is 32.1. The monoisotopic (exact) mass is 502 g/mol. The van der Waals surface area contributed by atoms with E-state index in [1.165, 1.54) is 4.88 Å². The Balaban J connectivity index is 1.64. The lowest BCUT2D eigenvalue weighted by Gasteiger charge is -2.17. The molecule has 0 aliphatic carbocycles. The van der Waals surface area contributed by atoms with Gasteiger partial charge in [0, 0.05) is 16.0 Å². The Bertz CT molecular complexity index is 1490. The van der Waals surface area contributed by atoms with Crippen molar-refractivity contribution < 1.29 is 14.3 Å². The van der Waals surface area contributed by atoms with Gasteiger partial charge in [-0.05, 0) is 50.6 Å². The van der Waals surface area contributed by atoms with Gasteiger partial charge in [-0.25, -0.2) is 4.79 Å². The SMILES string of the molecule is COc1ccccc1NC(=O)NC1N=C(c2ccccc2OC)c2c(sc(C)c2C)-n2c(C)nnc21. The minimum Gasteiger partial charge on any atom is -0.496 e. The van der Waals surface area contributed by atoms with Crippen molar-refractivity contribution in [1.29, 1.82) is 0 Å². The predicted octanol–water partition coefficient (Wildman–Crippen LogP) is 4.94. The Hall–Kier alpha value is -4.18. The summed E-state index contributed by atoms with van der Waals surface area (Å²) < 4.78 is 13.0. The molecule has 5 rings (SSSR count). The van der Waals surface area contributed by atoms with E-state index in [-0.39, 0.29) is 0 Å². The fraction of sp³-hybridized carbons (Fsp3) is 0.231. The van der Waals surface area contributed by atoms with Crippen molar-refractivity contribution in [3.8, 4) is 16.5 Å². The van der Waals surface area contributed by atoms with Gasteiger partial charge in [-0.15, -0.1) is 21.5 Å². The average Bonchev–Trinajstić information content (AvgIpc) is 3.36. The molecule has 2 aromatic heterocycles. The molecule has 0 saturated carbocycles. The van der Waals surface area contributed by atoms with Crippen molar-refractivity contribution in [2.45, 2.75) is 26.9 Å². The molecule has 1 unspecified atom stereocenters. The number of ether oxygens (including phenoxy) is 2. The molecule has 3 heterocycles. The van der Waals surface area contributed by atoms with Crippen LogP contribution in [0.1, 0.15) is 39.4 Å². The molecule has 0 spiro atoms. The van der Waals surface area contributed by atoms with Gasteiger partial charge in [0.25, 0.3) is 0 Å². The topological polar surface area (TPSA) is 103 Å². The summed E-state index contributed by atoms with van der Waals surface area (Å²) in [7, 11) is 3.19. The van der Waals surface area contributed by atoms with Gasteiger partial charge in [0.2, 0.25) is 0 Å². The number of hydrogen-bond acceptors (Lipinski definition) is 7. The molecular formula is C26H26N6O3S. The number of amides is 2. The fourth-order valence-corrected chi connectivity index (χ4v) is 5.49. The molecular weight excluding hydrogens is 476 g/mol. The van der Waals surface area contributed by atoms with E-state index in [1.54, 1.807) is 37.7 Å². The summed E-state index contributed by atoms with van der Waals surface area (Å²) in [4.78, 5) is 19.4. The van der Waals surface area contributed by atoms with Crippen LogP contribution in [0.25, 0.3) is 5.00 Å². The van der Waals surface area contributed by atoms with Crippen molar-refractivity contribution in [3.05, 3.63) is 81.7 Å². The maximum Gasteiger partial charge on any atom is 0.321 e. The van der Waals surface area contributed by atoms with Crippen LogP contribution in [0.2, 0.25) is 0 Å². The lowest BCUT2D eigenvalue weighted by Crippen LogP contribution is -2.33. The molecule has 1 aliphatic heterocycles. The van der Waals surface area contributed by atoms with Crippen LogP contribution in [0.15, 0.2) is 53.5 Å². The second-order valence-corrected chi connectivity index (χ2v) is 9.49. The highest BCUT2D eigenvalue weighted by Gasteiger charge is 2.33. The molecule has 184 valence electrons. The van der Waals surface area contributed by atoms with Gasteiger partial charge < -0.3 is 20.1 Å². The van der Waals surface area contributed by atoms with E-state index in [1.807, 2.05) is 47.9 Å². The molecule has 4 aromatic rings. The number of anilines is 1. The number of fused-ring (bicyclic) bond motifs is 3. The minimum absolute atomic E-state index is 0.446. The number of hydrogen-bond donors (Lipinski definition) is 2. The van der Waals surface area contributed by atoms with E-state index < -0.39 is 12.2 Å². The zero-order valence-electron chi connectivity index (χ0n) is 20.6. The van der Waals surface area contributed by atoms with Gasteiger partial charge in [0.1, 0.15) is 22.3 Å². The molecule has 2 N–H and O–H groups in total. The van der Waals surface area contributed by atoms with Crippen LogP contribution < -0.4 is 20.1 Å². The molecule has 36 heavy (non-hydrogen) atoms. The van der Waals surface area contributed by atoms with Crippen LogP contribution in [0, 0.1) is 20.8 Å². The molecule has 10 heteroatoms. The molecule has 2 amide bonds. The highest BCUT2D eigenvalue weighted by Crippen LogP contribution is 2.39. The number of aliphatic imine (C=N–C) groups is 1. The summed E-state index contributed by atoms with van der Waals surface area (Å²) in [6.45, 7) is 6.06. The zero-order valence-corrected chi connectivity index (χ0v) is 21.4. The van der Waals surface area contributed by atoms with Gasteiger partial charge >= 0.3 is 6.03 Å². The summed E-state index contributed by atoms with van der Waals surface area (Å²) in [5, 5.41) is 15.5. The zero-order chi connectivity index (χ0) is 25.4. The number of carbonyl (C=O) groups is 1. The Kier molecular flexibility index (Phi) is 6.19. The second kappa shape index (κ2) is 9.46. The normalized spacial score (nSPS) is 14.2. The van der Waals surface area contributed by atoms with E-state index in [9.17, 15) is 4.79 Å². The number of urea groups is 1. The van der Waals surface area contributed by atoms with Crippen molar-refractivity contribution in [2.75, 3.05) is 19.5 Å². The number of nitrogens with one attached hydrogen (secondary N) is 2. The number of carbonyl (C=O) groups excluding carboxylic acids is 1. The fourth-order valence-electron chi connectivity index (χ4n) is 4.28. The van der Waals surface area contributed by atoms with Crippen molar-refractivity contribution in [2.24, 2.45) is 4.99 Å². The number of thiophene rings is 1. The van der Waals surface area contributed by atoms with Gasteiger partial charge in [0.05, 0.1) is 25.6 Å². The van der Waals surface area contributed by atoms with Crippen molar-refractivity contribution in [3.63, 3.8) is 0 Å². The first-order chi connectivity index (χ1) is 17.4. The summed E-state index contributed by atoms with van der Waals surface area (Å²) in [5.41, 5.74) is 4.17. The number of aromatic nitrogens is 3.